The van der Waals surface area contributed by atoms with Gasteiger partial charge in [0.2, 0.25) is 5.91 Å². The van der Waals surface area contributed by atoms with Crippen molar-refractivity contribution in [3.05, 3.63) is 24.2 Å². The van der Waals surface area contributed by atoms with Gasteiger partial charge >= 0.3 is 0 Å². The highest BCUT2D eigenvalue weighted by atomic mass is 16.3. The first-order valence-electron chi connectivity index (χ1n) is 8.90. The monoisotopic (exact) mass is 318 g/mol. The number of nitrogens with zero attached hydrogens (tertiary/aromatic N) is 1. The van der Waals surface area contributed by atoms with Crippen molar-refractivity contribution in [2.45, 2.75) is 69.9 Å². The summed E-state index contributed by atoms with van der Waals surface area (Å²) in [4.78, 5) is 26.8. The normalized spacial score (nSPS) is 23.3. The van der Waals surface area contributed by atoms with Gasteiger partial charge in [-0.3, -0.25) is 9.59 Å². The molecule has 0 radical (unpaired) electrons. The van der Waals surface area contributed by atoms with Crippen molar-refractivity contribution in [3.63, 3.8) is 0 Å². The van der Waals surface area contributed by atoms with Gasteiger partial charge in [0.25, 0.3) is 5.91 Å². The number of furan rings is 1. The van der Waals surface area contributed by atoms with Crippen LogP contribution < -0.4 is 5.32 Å². The summed E-state index contributed by atoms with van der Waals surface area (Å²) in [6, 6.07) is 3.28. The first-order valence-corrected chi connectivity index (χ1v) is 8.90. The molecule has 1 saturated heterocycles. The summed E-state index contributed by atoms with van der Waals surface area (Å²) in [5, 5.41) is 3.20. The van der Waals surface area contributed by atoms with Crippen LogP contribution in [-0.2, 0) is 4.79 Å². The fourth-order valence-electron chi connectivity index (χ4n) is 3.72. The number of likely N-dealkylation sites (tertiary alicyclic amines) is 1. The minimum atomic E-state index is -0.349. The van der Waals surface area contributed by atoms with Crippen LogP contribution in [0.25, 0.3) is 0 Å². The van der Waals surface area contributed by atoms with Gasteiger partial charge in [-0.25, -0.2) is 0 Å². The molecule has 1 unspecified atom stereocenters. The van der Waals surface area contributed by atoms with E-state index in [-0.39, 0.29) is 23.9 Å². The van der Waals surface area contributed by atoms with Crippen molar-refractivity contribution >= 4 is 11.8 Å². The Bertz CT molecular complexity index is 518. The van der Waals surface area contributed by atoms with Crippen LogP contribution in [-0.4, -0.2) is 35.3 Å². The zero-order valence-electron chi connectivity index (χ0n) is 13.6. The van der Waals surface area contributed by atoms with Gasteiger partial charge in [0, 0.05) is 12.6 Å². The van der Waals surface area contributed by atoms with E-state index in [9.17, 15) is 9.59 Å². The molecule has 2 aliphatic rings. The second-order valence-electron chi connectivity index (χ2n) is 6.68. The Morgan fingerprint density at radius 3 is 2.48 bits per heavy atom. The van der Waals surface area contributed by atoms with E-state index in [1.54, 1.807) is 17.0 Å². The second-order valence-corrected chi connectivity index (χ2v) is 6.68. The van der Waals surface area contributed by atoms with E-state index in [2.05, 4.69) is 5.32 Å². The molecule has 0 bridgehead atoms. The number of amides is 2. The lowest BCUT2D eigenvalue weighted by atomic mass is 9.96. The van der Waals surface area contributed by atoms with Crippen molar-refractivity contribution in [1.82, 2.24) is 10.2 Å². The maximum absolute atomic E-state index is 12.7. The van der Waals surface area contributed by atoms with Gasteiger partial charge in [0.1, 0.15) is 6.04 Å². The van der Waals surface area contributed by atoms with Crippen LogP contribution in [0.5, 0.6) is 0 Å². The number of hydrogen-bond donors (Lipinski definition) is 1. The fourth-order valence-corrected chi connectivity index (χ4v) is 3.72. The zero-order chi connectivity index (χ0) is 16.1. The molecule has 2 fully saturated rings. The van der Waals surface area contributed by atoms with E-state index in [1.165, 1.54) is 38.4 Å². The van der Waals surface area contributed by atoms with Crippen molar-refractivity contribution in [1.29, 1.82) is 0 Å². The molecule has 2 heterocycles. The largest absolute Gasteiger partial charge is 0.459 e. The molecule has 23 heavy (non-hydrogen) atoms. The molecule has 5 nitrogen and oxygen atoms in total. The van der Waals surface area contributed by atoms with Crippen molar-refractivity contribution < 1.29 is 14.0 Å². The lowest BCUT2D eigenvalue weighted by Gasteiger charge is -2.27. The summed E-state index contributed by atoms with van der Waals surface area (Å²) in [5.74, 6) is 0.147. The maximum Gasteiger partial charge on any atom is 0.290 e. The molecule has 1 aliphatic carbocycles. The Kier molecular flexibility index (Phi) is 5.36. The molecular formula is C18H26N2O3. The molecule has 5 heteroatoms. The molecule has 1 N–H and O–H groups in total. The smallest absolute Gasteiger partial charge is 0.290 e. The number of hydrogen-bond acceptors (Lipinski definition) is 3. The van der Waals surface area contributed by atoms with Gasteiger partial charge in [-0.05, 0) is 37.8 Å². The number of carbonyl (C=O) groups excluding carboxylic acids is 2. The standard InChI is InChI=1S/C18H26N2O3/c21-17(19-14-8-4-2-1-3-5-9-14)15-10-6-12-20(15)18(22)16-11-7-13-23-16/h7,11,13-15H,1-6,8-10,12H2,(H,19,21). The Balaban J connectivity index is 1.60. The molecule has 2 amide bonds. The molecule has 1 aromatic heterocycles. The average molecular weight is 318 g/mol. The first kappa shape index (κ1) is 16.1. The van der Waals surface area contributed by atoms with E-state index in [4.69, 9.17) is 4.42 Å². The van der Waals surface area contributed by atoms with Gasteiger partial charge in [-0.15, -0.1) is 0 Å². The van der Waals surface area contributed by atoms with Gasteiger partial charge in [0.05, 0.1) is 6.26 Å². The Morgan fingerprint density at radius 2 is 1.78 bits per heavy atom. The van der Waals surface area contributed by atoms with Gasteiger partial charge in [0.15, 0.2) is 5.76 Å². The lowest BCUT2D eigenvalue weighted by molar-refractivity contribution is -0.125. The van der Waals surface area contributed by atoms with E-state index < -0.39 is 0 Å². The predicted molar refractivity (Wildman–Crippen MR) is 87.0 cm³/mol. The molecule has 1 saturated carbocycles. The van der Waals surface area contributed by atoms with Crippen LogP contribution in [0, 0.1) is 0 Å². The SMILES string of the molecule is O=C(NC1CCCCCCC1)C1CCCN1C(=O)c1ccco1. The van der Waals surface area contributed by atoms with E-state index in [1.807, 2.05) is 0 Å². The Labute approximate surface area is 137 Å². The molecule has 1 aromatic rings. The van der Waals surface area contributed by atoms with Gasteiger partial charge in [-0.2, -0.15) is 0 Å². The van der Waals surface area contributed by atoms with Crippen molar-refractivity contribution in [2.75, 3.05) is 6.54 Å². The van der Waals surface area contributed by atoms with Gasteiger partial charge in [-0.1, -0.05) is 32.1 Å². The number of rotatable bonds is 3. The minimum absolute atomic E-state index is 0.00739. The van der Waals surface area contributed by atoms with E-state index >= 15 is 0 Å². The highest BCUT2D eigenvalue weighted by Crippen LogP contribution is 2.22. The number of nitrogens with one attached hydrogen (secondary N) is 1. The van der Waals surface area contributed by atoms with Crippen LogP contribution in [0.2, 0.25) is 0 Å². The summed E-state index contributed by atoms with van der Waals surface area (Å²) in [5.41, 5.74) is 0. The maximum atomic E-state index is 12.7. The molecule has 1 aliphatic heterocycles. The lowest BCUT2D eigenvalue weighted by Crippen LogP contribution is -2.48. The molecule has 0 aromatic carbocycles. The molecule has 3 rings (SSSR count). The zero-order valence-corrected chi connectivity index (χ0v) is 13.6. The highest BCUT2D eigenvalue weighted by Gasteiger charge is 2.36. The van der Waals surface area contributed by atoms with E-state index in [0.717, 1.165) is 25.7 Å². The molecule has 1 atom stereocenters. The first-order chi connectivity index (χ1) is 11.3. The number of carbonyl (C=O) groups is 2. The average Bonchev–Trinajstić information content (AvgIpc) is 3.20. The van der Waals surface area contributed by atoms with Crippen LogP contribution in [0.1, 0.15) is 68.3 Å². The van der Waals surface area contributed by atoms with Gasteiger partial charge < -0.3 is 14.6 Å². The van der Waals surface area contributed by atoms with Crippen LogP contribution in [0.4, 0.5) is 0 Å². The Hall–Kier alpha value is -1.78. The fraction of sp³-hybridized carbons (Fsp3) is 0.667. The predicted octanol–water partition coefficient (Wildman–Crippen LogP) is 3.11. The highest BCUT2D eigenvalue weighted by molar-refractivity contribution is 5.96. The summed E-state index contributed by atoms with van der Waals surface area (Å²) in [6.07, 6.45) is 11.4. The molecular weight excluding hydrogens is 292 g/mol. The topological polar surface area (TPSA) is 62.6 Å². The summed E-state index contributed by atoms with van der Waals surface area (Å²) in [7, 11) is 0. The van der Waals surface area contributed by atoms with Crippen molar-refractivity contribution in [3.8, 4) is 0 Å². The van der Waals surface area contributed by atoms with Crippen LogP contribution in [0.3, 0.4) is 0 Å². The summed E-state index contributed by atoms with van der Waals surface area (Å²) >= 11 is 0. The van der Waals surface area contributed by atoms with Crippen LogP contribution >= 0.6 is 0 Å². The third-order valence-electron chi connectivity index (χ3n) is 5.00. The third-order valence-corrected chi connectivity index (χ3v) is 5.00. The summed E-state index contributed by atoms with van der Waals surface area (Å²) in [6.45, 7) is 0.627. The summed E-state index contributed by atoms with van der Waals surface area (Å²) < 4.78 is 5.19. The minimum Gasteiger partial charge on any atom is -0.459 e. The molecule has 126 valence electrons. The van der Waals surface area contributed by atoms with Crippen molar-refractivity contribution in [2.24, 2.45) is 0 Å². The quantitative estimate of drug-likeness (QED) is 0.931. The second kappa shape index (κ2) is 7.66. The Morgan fingerprint density at radius 1 is 1.04 bits per heavy atom. The third kappa shape index (κ3) is 3.95. The van der Waals surface area contributed by atoms with Crippen LogP contribution in [0.15, 0.2) is 22.8 Å². The van der Waals surface area contributed by atoms with E-state index in [0.29, 0.717) is 12.3 Å². The molecule has 0 spiro atoms.